The highest BCUT2D eigenvalue weighted by Gasteiger charge is 2.39. The number of hydrogen-bond donors (Lipinski definition) is 0. The average molecular weight is 296 g/mol. The molecule has 0 saturated heterocycles. The first-order valence-corrected chi connectivity index (χ1v) is 10.5. The number of para-hydroxylation sites is 2. The largest absolute Gasteiger partial charge is 0.376 e. The monoisotopic (exact) mass is 296 g/mol. The lowest BCUT2D eigenvalue weighted by Gasteiger charge is -2.49. The quantitative estimate of drug-likeness (QED) is 0.742. The van der Waals surface area contributed by atoms with Crippen molar-refractivity contribution in [2.45, 2.75) is 26.9 Å². The van der Waals surface area contributed by atoms with Crippen LogP contribution in [-0.4, -0.2) is 22.0 Å². The molecule has 0 aromatic heterocycles. The third-order valence-electron chi connectivity index (χ3n) is 4.71. The molecule has 0 fully saturated rings. The molecule has 21 heavy (non-hydrogen) atoms. The first-order chi connectivity index (χ1) is 9.93. The molecule has 1 heterocycles. The molecule has 0 N–H and O–H groups in total. The number of benzene rings is 2. The van der Waals surface area contributed by atoms with Crippen LogP contribution >= 0.6 is 0 Å². The zero-order valence-electron chi connectivity index (χ0n) is 13.6. The van der Waals surface area contributed by atoms with Crippen LogP contribution < -0.4 is 14.7 Å². The summed E-state index contributed by atoms with van der Waals surface area (Å²) in [6.07, 6.45) is 0. The molecular weight excluding hydrogens is 272 g/mol. The molecule has 0 bridgehead atoms. The van der Waals surface area contributed by atoms with Crippen molar-refractivity contribution in [2.24, 2.45) is 0 Å². The standard InChI is InChI=1S/C18H24N2Si/c1-14-9-8-10-15(2)18(14)20-13-19(3)16-11-6-7-12-17(16)21(20,4)5/h6-12H,13H2,1-5H3. The molecule has 0 aliphatic carbocycles. The maximum Gasteiger partial charge on any atom is 0.186 e. The Labute approximate surface area is 129 Å². The molecule has 3 rings (SSSR count). The van der Waals surface area contributed by atoms with Crippen LogP contribution in [0.3, 0.4) is 0 Å². The predicted molar refractivity (Wildman–Crippen MR) is 95.2 cm³/mol. The highest BCUT2D eigenvalue weighted by molar-refractivity contribution is 6.94. The number of nitrogens with zero attached hydrogens (tertiary/aromatic N) is 2. The van der Waals surface area contributed by atoms with Crippen LogP contribution in [0.2, 0.25) is 13.1 Å². The molecule has 0 unspecified atom stereocenters. The van der Waals surface area contributed by atoms with E-state index in [2.05, 4.69) is 85.9 Å². The SMILES string of the molecule is Cc1cccc(C)c1N1CN(C)c2ccccc2[Si]1(C)C. The molecule has 0 spiro atoms. The fourth-order valence-electron chi connectivity index (χ4n) is 3.52. The van der Waals surface area contributed by atoms with E-state index in [1.165, 1.54) is 27.7 Å². The maximum atomic E-state index is 2.67. The predicted octanol–water partition coefficient (Wildman–Crippen LogP) is 3.63. The molecular formula is C18H24N2Si. The van der Waals surface area contributed by atoms with Gasteiger partial charge in [-0.05, 0) is 49.3 Å². The molecule has 110 valence electrons. The van der Waals surface area contributed by atoms with Crippen LogP contribution in [0.4, 0.5) is 11.4 Å². The highest BCUT2D eigenvalue weighted by Crippen LogP contribution is 2.33. The summed E-state index contributed by atoms with van der Waals surface area (Å²) in [6.45, 7) is 10.4. The number of rotatable bonds is 1. The Morgan fingerprint density at radius 2 is 1.52 bits per heavy atom. The van der Waals surface area contributed by atoms with Crippen molar-refractivity contribution in [2.75, 3.05) is 23.2 Å². The summed E-state index contributed by atoms with van der Waals surface area (Å²) >= 11 is 0. The van der Waals surface area contributed by atoms with Gasteiger partial charge in [-0.3, -0.25) is 0 Å². The lowest BCUT2D eigenvalue weighted by molar-refractivity contribution is 0.888. The Morgan fingerprint density at radius 1 is 0.905 bits per heavy atom. The molecule has 0 amide bonds. The van der Waals surface area contributed by atoms with E-state index in [1.807, 2.05) is 0 Å². The van der Waals surface area contributed by atoms with Crippen LogP contribution in [0.5, 0.6) is 0 Å². The number of anilines is 2. The van der Waals surface area contributed by atoms with Crippen molar-refractivity contribution in [1.29, 1.82) is 0 Å². The van der Waals surface area contributed by atoms with Gasteiger partial charge >= 0.3 is 0 Å². The van der Waals surface area contributed by atoms with Crippen molar-refractivity contribution in [1.82, 2.24) is 0 Å². The van der Waals surface area contributed by atoms with E-state index in [4.69, 9.17) is 0 Å². The van der Waals surface area contributed by atoms with E-state index >= 15 is 0 Å². The van der Waals surface area contributed by atoms with Gasteiger partial charge in [-0.25, -0.2) is 0 Å². The Bertz CT molecular complexity index is 658. The van der Waals surface area contributed by atoms with Crippen molar-refractivity contribution in [3.63, 3.8) is 0 Å². The molecule has 0 atom stereocenters. The van der Waals surface area contributed by atoms with Gasteiger partial charge in [0.1, 0.15) is 0 Å². The average Bonchev–Trinajstić information content (AvgIpc) is 2.44. The lowest BCUT2D eigenvalue weighted by atomic mass is 10.1. The summed E-state index contributed by atoms with van der Waals surface area (Å²) in [4.78, 5) is 2.37. The van der Waals surface area contributed by atoms with Gasteiger partial charge in [0.15, 0.2) is 8.24 Å². The van der Waals surface area contributed by atoms with E-state index in [1.54, 1.807) is 0 Å². The van der Waals surface area contributed by atoms with Crippen molar-refractivity contribution in [3.8, 4) is 0 Å². The molecule has 0 radical (unpaired) electrons. The third kappa shape index (κ3) is 2.16. The maximum absolute atomic E-state index is 2.67. The van der Waals surface area contributed by atoms with Gasteiger partial charge in [0.25, 0.3) is 0 Å². The van der Waals surface area contributed by atoms with Crippen molar-refractivity contribution < 1.29 is 0 Å². The Hall–Kier alpha value is -1.74. The van der Waals surface area contributed by atoms with Crippen LogP contribution in [0.25, 0.3) is 0 Å². The smallest absolute Gasteiger partial charge is 0.186 e. The van der Waals surface area contributed by atoms with Gasteiger partial charge in [-0.1, -0.05) is 36.4 Å². The van der Waals surface area contributed by atoms with E-state index in [0.29, 0.717) is 0 Å². The number of fused-ring (bicyclic) bond motifs is 1. The number of aryl methyl sites for hydroxylation is 2. The minimum Gasteiger partial charge on any atom is -0.376 e. The van der Waals surface area contributed by atoms with E-state index in [9.17, 15) is 0 Å². The van der Waals surface area contributed by atoms with Gasteiger partial charge in [0.05, 0.1) is 6.67 Å². The zero-order valence-corrected chi connectivity index (χ0v) is 14.6. The first-order valence-electron chi connectivity index (χ1n) is 7.57. The van der Waals surface area contributed by atoms with E-state index < -0.39 is 8.24 Å². The second kappa shape index (κ2) is 4.92. The van der Waals surface area contributed by atoms with Gasteiger partial charge in [0, 0.05) is 18.4 Å². The lowest BCUT2D eigenvalue weighted by Crippen LogP contribution is -2.66. The second-order valence-electron chi connectivity index (χ2n) is 6.58. The van der Waals surface area contributed by atoms with E-state index in [0.717, 1.165) is 6.67 Å². The molecule has 1 aliphatic rings. The molecule has 2 aromatic carbocycles. The summed E-state index contributed by atoms with van der Waals surface area (Å²) in [5.41, 5.74) is 5.58. The summed E-state index contributed by atoms with van der Waals surface area (Å²) in [5.74, 6) is 0. The van der Waals surface area contributed by atoms with Crippen LogP contribution in [0.1, 0.15) is 11.1 Å². The van der Waals surface area contributed by atoms with Gasteiger partial charge in [0.2, 0.25) is 0 Å². The Kier molecular flexibility index (Phi) is 3.33. The molecule has 2 nitrogen and oxygen atoms in total. The molecule has 1 aliphatic heterocycles. The third-order valence-corrected chi connectivity index (χ3v) is 8.17. The minimum atomic E-state index is -1.69. The van der Waals surface area contributed by atoms with Gasteiger partial charge in [-0.2, -0.15) is 0 Å². The van der Waals surface area contributed by atoms with Crippen LogP contribution in [0.15, 0.2) is 42.5 Å². The van der Waals surface area contributed by atoms with Gasteiger partial charge < -0.3 is 9.47 Å². The topological polar surface area (TPSA) is 6.48 Å². The fraction of sp³-hybridized carbons (Fsp3) is 0.333. The minimum absolute atomic E-state index is 0.974. The summed E-state index contributed by atoms with van der Waals surface area (Å²) in [5, 5.41) is 1.53. The molecule has 3 heteroatoms. The van der Waals surface area contributed by atoms with Crippen LogP contribution in [0, 0.1) is 13.8 Å². The van der Waals surface area contributed by atoms with Crippen molar-refractivity contribution >= 4 is 24.8 Å². The zero-order chi connectivity index (χ0) is 15.2. The Morgan fingerprint density at radius 3 is 2.19 bits per heavy atom. The second-order valence-corrected chi connectivity index (χ2v) is 10.8. The summed E-state index contributed by atoms with van der Waals surface area (Å²) < 4.78 is 2.67. The number of hydrogen-bond acceptors (Lipinski definition) is 2. The summed E-state index contributed by atoms with van der Waals surface area (Å²) in [7, 11) is 0.503. The normalized spacial score (nSPS) is 16.8. The first kappa shape index (κ1) is 14.2. The summed E-state index contributed by atoms with van der Waals surface area (Å²) in [6, 6.07) is 15.5. The van der Waals surface area contributed by atoms with Gasteiger partial charge in [-0.15, -0.1) is 0 Å². The molecule has 0 saturated carbocycles. The van der Waals surface area contributed by atoms with Crippen LogP contribution in [-0.2, 0) is 0 Å². The highest BCUT2D eigenvalue weighted by atomic mass is 28.3. The fourth-order valence-corrected chi connectivity index (χ4v) is 6.69. The Balaban J connectivity index is 2.18. The van der Waals surface area contributed by atoms with E-state index in [-0.39, 0.29) is 0 Å². The molecule has 2 aromatic rings. The van der Waals surface area contributed by atoms with Crippen molar-refractivity contribution in [3.05, 3.63) is 53.6 Å².